The van der Waals surface area contributed by atoms with E-state index in [2.05, 4.69) is 32.0 Å². The summed E-state index contributed by atoms with van der Waals surface area (Å²) in [5.74, 6) is 1.15. The zero-order valence-electron chi connectivity index (χ0n) is 21.4. The molecule has 2 atom stereocenters. The number of aromatic nitrogens is 6. The summed E-state index contributed by atoms with van der Waals surface area (Å²) < 4.78 is 15.8. The Morgan fingerprint density at radius 2 is 1.38 bits per heavy atom. The lowest BCUT2D eigenvalue weighted by Crippen LogP contribution is -2.29. The highest BCUT2D eigenvalue weighted by Crippen LogP contribution is 2.67. The minimum Gasteiger partial charge on any atom is -0.386 e. The van der Waals surface area contributed by atoms with Crippen molar-refractivity contribution in [2.45, 2.75) is 59.5 Å². The molecule has 4 aromatic rings. The molecule has 2 unspecified atom stereocenters. The molecule has 0 radical (unpaired) electrons. The first-order valence-corrected chi connectivity index (χ1v) is 15.6. The molecule has 0 aliphatic carbocycles. The number of benzene rings is 1. The third kappa shape index (κ3) is 3.72. The number of epoxide rings is 2. The fourth-order valence-electron chi connectivity index (χ4n) is 5.01. The smallest absolute Gasteiger partial charge is 0.187 e. The van der Waals surface area contributed by atoms with Gasteiger partial charge in [-0.3, -0.25) is 0 Å². The van der Waals surface area contributed by atoms with E-state index in [1.807, 2.05) is 20.8 Å². The third-order valence-electron chi connectivity index (χ3n) is 6.80. The van der Waals surface area contributed by atoms with E-state index in [0.29, 0.717) is 5.84 Å². The van der Waals surface area contributed by atoms with Crippen LogP contribution in [0.25, 0.3) is 20.7 Å². The summed E-state index contributed by atoms with van der Waals surface area (Å²) in [6, 6.07) is 0. The Hall–Kier alpha value is -2.49. The first-order valence-electron chi connectivity index (χ1n) is 12.3. The number of ether oxygens (including phenoxy) is 2. The average molecular weight is 595 g/mol. The Kier molecular flexibility index (Phi) is 5.30. The van der Waals surface area contributed by atoms with E-state index in [0.717, 1.165) is 56.1 Å². The zero-order valence-corrected chi connectivity index (χ0v) is 24.7. The van der Waals surface area contributed by atoms with Gasteiger partial charge in [0, 0.05) is 35.9 Å². The van der Waals surface area contributed by atoms with Crippen molar-refractivity contribution >= 4 is 73.6 Å². The fraction of sp³-hybridized carbons (Fsp3) is 0.320. The van der Waals surface area contributed by atoms with Gasteiger partial charge in [0.05, 0.1) is 43.6 Å². The van der Waals surface area contributed by atoms with Crippen molar-refractivity contribution in [3.63, 3.8) is 0 Å². The maximum atomic E-state index is 5.93. The zero-order chi connectivity index (χ0) is 26.7. The average Bonchev–Trinajstić information content (AvgIpc) is 3.70. The Balaban J connectivity index is 1.34. The number of rotatable bonds is 3. The van der Waals surface area contributed by atoms with Crippen molar-refractivity contribution in [3.8, 4) is 0 Å². The summed E-state index contributed by atoms with van der Waals surface area (Å²) in [5.41, 5.74) is 11.0. The van der Waals surface area contributed by atoms with Gasteiger partial charge in [-0.2, -0.15) is 10.2 Å². The lowest BCUT2D eigenvalue weighted by Gasteiger charge is -2.14. The van der Waals surface area contributed by atoms with Crippen LogP contribution in [-0.4, -0.2) is 48.8 Å². The van der Waals surface area contributed by atoms with Crippen LogP contribution in [0.3, 0.4) is 0 Å². The molecule has 8 rings (SSSR count). The normalized spacial score (nSPS) is 21.8. The fourth-order valence-corrected chi connectivity index (χ4v) is 11.3. The molecule has 198 valence electrons. The summed E-state index contributed by atoms with van der Waals surface area (Å²) in [4.78, 5) is 11.2. The van der Waals surface area contributed by atoms with E-state index >= 15 is 0 Å². The number of fused-ring (bicyclic) bond motifs is 3. The molecular weight excluding hydrogens is 573 g/mol. The third-order valence-corrected chi connectivity index (χ3v) is 12.1. The van der Waals surface area contributed by atoms with Crippen molar-refractivity contribution in [1.82, 2.24) is 29.7 Å². The number of hydrogen-bond donors (Lipinski definition) is 1. The van der Waals surface area contributed by atoms with Gasteiger partial charge in [0.1, 0.15) is 23.9 Å². The van der Waals surface area contributed by atoms with Crippen molar-refractivity contribution in [2.24, 2.45) is 10.8 Å². The number of aryl methyl sites for hydroxylation is 3. The lowest BCUT2D eigenvalue weighted by atomic mass is 10.1. The number of thioether (sulfide) groups is 4. The van der Waals surface area contributed by atoms with Gasteiger partial charge in [-0.05, 0) is 27.7 Å². The van der Waals surface area contributed by atoms with Gasteiger partial charge in [0.25, 0.3) is 0 Å². The number of nitrogens with two attached hydrogens (primary N) is 1. The lowest BCUT2D eigenvalue weighted by molar-refractivity contribution is 0.401. The molecule has 3 aromatic heterocycles. The molecule has 10 nitrogen and oxygen atoms in total. The van der Waals surface area contributed by atoms with Crippen molar-refractivity contribution in [3.05, 3.63) is 44.1 Å². The van der Waals surface area contributed by atoms with Crippen LogP contribution >= 0.6 is 47.0 Å². The molecule has 1 aromatic carbocycles. The Bertz CT molecular complexity index is 1910. The predicted octanol–water partition coefficient (Wildman–Crippen LogP) is 2.59. The second-order valence-electron chi connectivity index (χ2n) is 9.74. The van der Waals surface area contributed by atoms with Crippen LogP contribution in [0.1, 0.15) is 47.5 Å². The van der Waals surface area contributed by atoms with E-state index in [-0.39, 0.29) is 12.2 Å². The molecule has 2 N–H and O–H groups in total. The molecule has 0 spiro atoms. The van der Waals surface area contributed by atoms with E-state index < -0.39 is 0 Å². The molecule has 14 heteroatoms. The molecule has 7 heterocycles. The van der Waals surface area contributed by atoms with E-state index in [1.165, 1.54) is 39.7 Å². The molecular formula is C25H22N8O2S4. The van der Waals surface area contributed by atoms with Gasteiger partial charge >= 0.3 is 0 Å². The number of hydrogen-bond acceptors (Lipinski definition) is 11. The van der Waals surface area contributed by atoms with Crippen LogP contribution in [0.2, 0.25) is 0 Å². The highest BCUT2D eigenvalue weighted by molar-refractivity contribution is 8.33. The summed E-state index contributed by atoms with van der Waals surface area (Å²) in [6.45, 7) is 13.4. The van der Waals surface area contributed by atoms with Gasteiger partial charge in [0.2, 0.25) is 0 Å². The number of amidine groups is 1. The molecule has 2 saturated heterocycles. The summed E-state index contributed by atoms with van der Waals surface area (Å²) in [7, 11) is 0. The summed E-state index contributed by atoms with van der Waals surface area (Å²) >= 11 is 7.15. The Morgan fingerprint density at radius 3 is 1.90 bits per heavy atom. The second kappa shape index (κ2) is 8.51. The van der Waals surface area contributed by atoms with Gasteiger partial charge < -0.3 is 15.2 Å². The van der Waals surface area contributed by atoms with Gasteiger partial charge in [-0.1, -0.05) is 53.6 Å². The highest BCUT2D eigenvalue weighted by atomic mass is 32.2. The van der Waals surface area contributed by atoms with Crippen molar-refractivity contribution in [2.75, 3.05) is 13.2 Å². The van der Waals surface area contributed by atoms with Crippen LogP contribution in [0.4, 0.5) is 0 Å². The molecule has 0 amide bonds. The first-order chi connectivity index (χ1) is 18.8. The monoisotopic (exact) mass is 594 g/mol. The Morgan fingerprint density at radius 1 is 0.872 bits per heavy atom. The number of nitrogens with zero attached hydrogens (tertiary/aromatic N) is 7. The van der Waals surface area contributed by atoms with Crippen LogP contribution in [0, 0.1) is 20.8 Å². The van der Waals surface area contributed by atoms with Gasteiger partial charge in [-0.15, -0.1) is 19.6 Å². The van der Waals surface area contributed by atoms with Gasteiger partial charge in [-0.25, -0.2) is 4.98 Å². The minimum atomic E-state index is 0.0864. The van der Waals surface area contributed by atoms with E-state index in [9.17, 15) is 0 Å². The molecule has 0 bridgehead atoms. The van der Waals surface area contributed by atoms with Crippen LogP contribution in [0.15, 0.2) is 24.7 Å². The molecule has 4 aliphatic heterocycles. The van der Waals surface area contributed by atoms with Crippen LogP contribution in [0.5, 0.6) is 0 Å². The topological polar surface area (TPSA) is 124 Å². The van der Waals surface area contributed by atoms with E-state index in [1.54, 1.807) is 58.6 Å². The summed E-state index contributed by atoms with van der Waals surface area (Å²) in [5, 5.41) is 20.8. The quantitative estimate of drug-likeness (QED) is 0.214. The van der Waals surface area contributed by atoms with Gasteiger partial charge in [0.15, 0.2) is 5.65 Å². The molecule has 2 fully saturated rings. The first kappa shape index (κ1) is 24.3. The predicted molar refractivity (Wildman–Crippen MR) is 154 cm³/mol. The highest BCUT2D eigenvalue weighted by Gasteiger charge is 2.45. The standard InChI is InChI=1S/C25H22N8O2S4/c1-8-15(10(3)32(28-8)30-11(4)26)24-36-19-17(13-6-34-13)21-22(18(14-7-35-14)20(19)37-24)39-25(38-21)16-9(2)29-33-23(16)27-12(5)31-33/h13-14H,3,6-7H2,1-2,4-5H3,(H2,26,30). The molecule has 0 saturated carbocycles. The molecule has 4 aliphatic rings. The SMILES string of the molecule is C=c1c(=C2Sc3c(c(C4CO4)c4c(c3C3CO3)SC(=c3c(C)nn5nc(C)nc35)S4)S2)c(C)nn1/N=C(/C)N. The Labute approximate surface area is 239 Å². The van der Waals surface area contributed by atoms with Crippen molar-refractivity contribution < 1.29 is 9.47 Å². The van der Waals surface area contributed by atoms with Crippen LogP contribution < -0.4 is 21.5 Å². The maximum Gasteiger partial charge on any atom is 0.187 e. The minimum absolute atomic E-state index is 0.0864. The van der Waals surface area contributed by atoms with E-state index in [4.69, 9.17) is 15.2 Å². The summed E-state index contributed by atoms with van der Waals surface area (Å²) in [6.07, 6.45) is 0.173. The van der Waals surface area contributed by atoms with Crippen molar-refractivity contribution in [1.29, 1.82) is 0 Å². The molecule has 39 heavy (non-hydrogen) atoms. The second-order valence-corrected chi connectivity index (χ2v) is 14.3. The largest absolute Gasteiger partial charge is 0.386 e. The maximum absolute atomic E-state index is 5.93. The van der Waals surface area contributed by atoms with Crippen LogP contribution in [-0.2, 0) is 9.47 Å².